The first-order chi connectivity index (χ1) is 16.5. The van der Waals surface area contributed by atoms with Crippen molar-refractivity contribution in [2.24, 2.45) is 0 Å². The number of hydrogen-bond acceptors (Lipinski definition) is 5. The molecule has 0 spiro atoms. The van der Waals surface area contributed by atoms with Crippen LogP contribution >= 0.6 is 0 Å². The Morgan fingerprint density at radius 2 is 1.41 bits per heavy atom. The highest BCUT2D eigenvalue weighted by Gasteiger charge is 2.35. The lowest BCUT2D eigenvalue weighted by Gasteiger charge is -2.13. The number of nitrogens with one attached hydrogen (secondary N) is 2. The van der Waals surface area contributed by atoms with Gasteiger partial charge in [-0.2, -0.15) is 0 Å². The van der Waals surface area contributed by atoms with Crippen molar-refractivity contribution >= 4 is 39.9 Å². The van der Waals surface area contributed by atoms with Crippen LogP contribution in [-0.2, 0) is 13.0 Å². The number of aromatic nitrogens is 4. The number of fused-ring (bicyclic) bond motifs is 3. The molecule has 3 heterocycles. The number of H-pyrrole nitrogens is 2. The quantitative estimate of drug-likeness (QED) is 0.350. The Hall–Kier alpha value is -4.79. The third-order valence-electron chi connectivity index (χ3n) is 5.93. The molecule has 0 bridgehead atoms. The predicted octanol–water partition coefficient (Wildman–Crippen LogP) is 3.52. The van der Waals surface area contributed by atoms with Gasteiger partial charge in [0.2, 0.25) is 0 Å². The van der Waals surface area contributed by atoms with E-state index in [1.165, 1.54) is 11.0 Å². The Balaban J connectivity index is 1.24. The maximum atomic E-state index is 12.7. The second-order valence-corrected chi connectivity index (χ2v) is 8.17. The van der Waals surface area contributed by atoms with Crippen LogP contribution in [0.2, 0.25) is 0 Å². The van der Waals surface area contributed by atoms with Crippen LogP contribution < -0.4 is 0 Å². The highest BCUT2D eigenvalue weighted by Crippen LogP contribution is 2.25. The minimum Gasteiger partial charge on any atom is -0.478 e. The Bertz CT molecular complexity index is 1610. The van der Waals surface area contributed by atoms with Crippen molar-refractivity contribution in [2.75, 3.05) is 0 Å². The van der Waals surface area contributed by atoms with Gasteiger partial charge in [0.1, 0.15) is 11.6 Å². The minimum absolute atomic E-state index is 0.173. The van der Waals surface area contributed by atoms with Crippen LogP contribution in [0.25, 0.3) is 22.1 Å². The van der Waals surface area contributed by atoms with Crippen LogP contribution in [0.5, 0.6) is 0 Å². The van der Waals surface area contributed by atoms with Crippen molar-refractivity contribution in [1.29, 1.82) is 0 Å². The molecule has 5 aromatic rings. The number of aromatic carboxylic acids is 1. The zero-order chi connectivity index (χ0) is 23.4. The van der Waals surface area contributed by atoms with E-state index in [0.717, 1.165) is 16.6 Å². The van der Waals surface area contributed by atoms with Gasteiger partial charge in [-0.25, -0.2) is 14.8 Å². The van der Waals surface area contributed by atoms with Gasteiger partial charge in [0.25, 0.3) is 11.8 Å². The Morgan fingerprint density at radius 1 is 0.824 bits per heavy atom. The molecule has 0 aliphatic carbocycles. The molecule has 9 nitrogen and oxygen atoms in total. The molecule has 2 amide bonds. The van der Waals surface area contributed by atoms with E-state index in [2.05, 4.69) is 19.9 Å². The first-order valence-corrected chi connectivity index (χ1v) is 10.6. The van der Waals surface area contributed by atoms with E-state index < -0.39 is 5.97 Å². The third-order valence-corrected chi connectivity index (χ3v) is 5.93. The van der Waals surface area contributed by atoms with E-state index in [-0.39, 0.29) is 23.9 Å². The minimum atomic E-state index is -0.993. The van der Waals surface area contributed by atoms with Crippen molar-refractivity contribution in [1.82, 2.24) is 24.8 Å². The molecule has 34 heavy (non-hydrogen) atoms. The first kappa shape index (κ1) is 19.9. The van der Waals surface area contributed by atoms with Crippen LogP contribution in [0.4, 0.5) is 0 Å². The summed E-state index contributed by atoms with van der Waals surface area (Å²) in [6.45, 7) is 0.173. The fourth-order valence-corrected chi connectivity index (χ4v) is 4.29. The normalized spacial score (nSPS) is 13.2. The topological polar surface area (TPSA) is 132 Å². The fraction of sp³-hybridized carbons (Fsp3) is 0.0800. The van der Waals surface area contributed by atoms with Crippen molar-refractivity contribution in [3.8, 4) is 0 Å². The molecule has 3 N–H and O–H groups in total. The van der Waals surface area contributed by atoms with Gasteiger partial charge in [-0.1, -0.05) is 18.2 Å². The predicted molar refractivity (Wildman–Crippen MR) is 123 cm³/mol. The second kappa shape index (κ2) is 7.38. The van der Waals surface area contributed by atoms with Crippen LogP contribution in [0.1, 0.15) is 48.3 Å². The van der Waals surface area contributed by atoms with Crippen LogP contribution in [0.3, 0.4) is 0 Å². The maximum absolute atomic E-state index is 12.7. The van der Waals surface area contributed by atoms with Gasteiger partial charge in [0.15, 0.2) is 0 Å². The van der Waals surface area contributed by atoms with Gasteiger partial charge < -0.3 is 15.1 Å². The molecule has 6 rings (SSSR count). The van der Waals surface area contributed by atoms with E-state index in [0.29, 0.717) is 40.2 Å². The van der Waals surface area contributed by atoms with Gasteiger partial charge >= 0.3 is 5.97 Å². The summed E-state index contributed by atoms with van der Waals surface area (Å²) < 4.78 is 0. The molecule has 0 unspecified atom stereocenters. The summed E-state index contributed by atoms with van der Waals surface area (Å²) in [5.74, 6) is -0.232. The Kier molecular flexibility index (Phi) is 4.31. The number of carboxylic acids is 1. The molecule has 2 aromatic heterocycles. The molecular weight excluding hydrogens is 434 g/mol. The van der Waals surface area contributed by atoms with Crippen molar-refractivity contribution in [3.05, 3.63) is 94.6 Å². The standard InChI is InChI=1S/C25H17N5O4/c31-23-15-3-1-2-4-16(15)24(32)30(23)12-13-5-7-17-19(9-13)28-21(26-17)11-22-27-18-8-6-14(25(33)34)10-20(18)29-22/h1-10H,11-12H2,(H,26,28)(H,27,29)(H,33,34). The summed E-state index contributed by atoms with van der Waals surface area (Å²) in [4.78, 5) is 53.3. The van der Waals surface area contributed by atoms with Crippen molar-refractivity contribution in [3.63, 3.8) is 0 Å². The molecule has 1 aliphatic heterocycles. The largest absolute Gasteiger partial charge is 0.478 e. The summed E-state index contributed by atoms with van der Waals surface area (Å²) in [6, 6.07) is 17.2. The second-order valence-electron chi connectivity index (χ2n) is 8.17. The van der Waals surface area contributed by atoms with Gasteiger partial charge in [-0.3, -0.25) is 14.5 Å². The number of aromatic amines is 2. The van der Waals surface area contributed by atoms with Gasteiger partial charge in [0, 0.05) is 0 Å². The van der Waals surface area contributed by atoms with Crippen molar-refractivity contribution in [2.45, 2.75) is 13.0 Å². The number of hydrogen-bond donors (Lipinski definition) is 3. The monoisotopic (exact) mass is 451 g/mol. The summed E-state index contributed by atoms with van der Waals surface area (Å²) in [5, 5.41) is 9.16. The molecule has 9 heteroatoms. The molecular formula is C25H17N5O4. The lowest BCUT2D eigenvalue weighted by atomic mass is 10.1. The Morgan fingerprint density at radius 3 is 2.03 bits per heavy atom. The summed E-state index contributed by atoms with van der Waals surface area (Å²) in [7, 11) is 0. The number of benzene rings is 3. The van der Waals surface area contributed by atoms with Crippen LogP contribution in [0.15, 0.2) is 60.7 Å². The van der Waals surface area contributed by atoms with E-state index in [9.17, 15) is 14.4 Å². The van der Waals surface area contributed by atoms with E-state index in [4.69, 9.17) is 5.11 Å². The summed E-state index contributed by atoms with van der Waals surface area (Å²) >= 11 is 0. The molecule has 3 aromatic carbocycles. The first-order valence-electron chi connectivity index (χ1n) is 10.6. The molecule has 0 atom stereocenters. The SMILES string of the molecule is O=C(O)c1ccc2nc(Cc3nc4ccc(CN5C(=O)c6ccccc6C5=O)cc4[nH]3)[nH]c2c1. The lowest BCUT2D eigenvalue weighted by Crippen LogP contribution is -2.29. The zero-order valence-corrected chi connectivity index (χ0v) is 17.7. The van der Waals surface area contributed by atoms with E-state index in [1.54, 1.807) is 36.4 Å². The summed E-state index contributed by atoms with van der Waals surface area (Å²) in [6.07, 6.45) is 0.402. The number of imidazole rings is 2. The number of rotatable bonds is 5. The number of imide groups is 1. The third kappa shape index (κ3) is 3.22. The zero-order valence-electron chi connectivity index (χ0n) is 17.7. The Labute approximate surface area is 192 Å². The summed E-state index contributed by atoms with van der Waals surface area (Å²) in [5.41, 5.74) is 4.73. The highest BCUT2D eigenvalue weighted by molar-refractivity contribution is 6.21. The number of amides is 2. The fourth-order valence-electron chi connectivity index (χ4n) is 4.29. The van der Waals surface area contributed by atoms with Crippen molar-refractivity contribution < 1.29 is 19.5 Å². The average molecular weight is 451 g/mol. The van der Waals surface area contributed by atoms with Gasteiger partial charge in [-0.15, -0.1) is 0 Å². The number of carboxylic acid groups (broad SMARTS) is 1. The lowest BCUT2D eigenvalue weighted by molar-refractivity contribution is 0.0639. The van der Waals surface area contributed by atoms with Crippen LogP contribution in [-0.4, -0.2) is 47.7 Å². The number of carbonyl (C=O) groups is 3. The molecule has 1 aliphatic rings. The molecule has 0 radical (unpaired) electrons. The maximum Gasteiger partial charge on any atom is 0.335 e. The number of carbonyl (C=O) groups excluding carboxylic acids is 2. The highest BCUT2D eigenvalue weighted by atomic mass is 16.4. The van der Waals surface area contributed by atoms with E-state index in [1.807, 2.05) is 18.2 Å². The molecule has 0 saturated heterocycles. The average Bonchev–Trinajstić information content (AvgIpc) is 3.49. The van der Waals surface area contributed by atoms with Crippen LogP contribution in [0, 0.1) is 0 Å². The molecule has 0 fully saturated rings. The molecule has 166 valence electrons. The van der Waals surface area contributed by atoms with Gasteiger partial charge in [-0.05, 0) is 48.0 Å². The molecule has 0 saturated carbocycles. The smallest absolute Gasteiger partial charge is 0.335 e. The number of nitrogens with zero attached hydrogens (tertiary/aromatic N) is 3. The van der Waals surface area contributed by atoms with Gasteiger partial charge in [0.05, 0.1) is 51.7 Å². The van der Waals surface area contributed by atoms with E-state index >= 15 is 0 Å².